The van der Waals surface area contributed by atoms with E-state index in [4.69, 9.17) is 27.9 Å². The molecule has 0 radical (unpaired) electrons. The molecule has 17 heavy (non-hydrogen) atoms. The highest BCUT2D eigenvalue weighted by atomic mass is 35.5. The van der Waals surface area contributed by atoms with E-state index in [1.807, 2.05) is 43.3 Å². The molecule has 0 atom stereocenters. The van der Waals surface area contributed by atoms with Crippen LogP contribution >= 0.6 is 23.2 Å². The van der Waals surface area contributed by atoms with Gasteiger partial charge in [-0.05, 0) is 17.9 Å². The molecule has 0 unspecified atom stereocenters. The van der Waals surface area contributed by atoms with E-state index in [-0.39, 0.29) is 0 Å². The predicted octanol–water partition coefficient (Wildman–Crippen LogP) is 3.86. The second-order valence-corrected chi connectivity index (χ2v) is 4.75. The molecule has 0 aliphatic carbocycles. The van der Waals surface area contributed by atoms with E-state index in [1.165, 1.54) is 0 Å². The first kappa shape index (κ1) is 12.2. The summed E-state index contributed by atoms with van der Waals surface area (Å²) in [7, 11) is 0. The van der Waals surface area contributed by atoms with Crippen molar-refractivity contribution in [3.05, 3.63) is 42.0 Å². The van der Waals surface area contributed by atoms with E-state index >= 15 is 0 Å². The van der Waals surface area contributed by atoms with Crippen molar-refractivity contribution in [1.82, 2.24) is 0 Å². The van der Waals surface area contributed by atoms with Gasteiger partial charge in [0, 0.05) is 5.39 Å². The van der Waals surface area contributed by atoms with Crippen molar-refractivity contribution in [1.29, 1.82) is 0 Å². The SMILES string of the molecule is Cc1ccc2ccccc2c1OC(=O)C(Cl)Cl. The van der Waals surface area contributed by atoms with Crippen LogP contribution < -0.4 is 4.74 Å². The Balaban J connectivity index is 2.51. The lowest BCUT2D eigenvalue weighted by Crippen LogP contribution is -2.16. The molecule has 0 saturated carbocycles. The number of hydrogen-bond acceptors (Lipinski definition) is 2. The van der Waals surface area contributed by atoms with Gasteiger partial charge in [-0.25, -0.2) is 4.79 Å². The zero-order valence-electron chi connectivity index (χ0n) is 9.11. The van der Waals surface area contributed by atoms with Gasteiger partial charge in [-0.2, -0.15) is 0 Å². The minimum absolute atomic E-state index is 0.513. The monoisotopic (exact) mass is 268 g/mol. The summed E-state index contributed by atoms with van der Waals surface area (Å²) in [6.07, 6.45) is 0. The number of halogens is 2. The largest absolute Gasteiger partial charge is 0.424 e. The number of aryl methyl sites for hydroxylation is 1. The number of carbonyl (C=O) groups excluding carboxylic acids is 1. The van der Waals surface area contributed by atoms with Crippen molar-refractivity contribution in [2.75, 3.05) is 0 Å². The Bertz CT molecular complexity index is 564. The fourth-order valence-corrected chi connectivity index (χ4v) is 1.72. The van der Waals surface area contributed by atoms with Gasteiger partial charge in [-0.15, -0.1) is 0 Å². The fourth-order valence-electron chi connectivity index (χ4n) is 1.63. The number of fused-ring (bicyclic) bond motifs is 1. The van der Waals surface area contributed by atoms with Crippen LogP contribution in [0.2, 0.25) is 0 Å². The molecular formula is C13H10Cl2O2. The third kappa shape index (κ3) is 2.54. The van der Waals surface area contributed by atoms with Crippen LogP contribution in [-0.4, -0.2) is 10.8 Å². The number of esters is 1. The molecule has 0 fully saturated rings. The van der Waals surface area contributed by atoms with E-state index in [2.05, 4.69) is 0 Å². The fraction of sp³-hybridized carbons (Fsp3) is 0.154. The Kier molecular flexibility index (Phi) is 3.55. The normalized spacial score (nSPS) is 10.8. The van der Waals surface area contributed by atoms with Crippen LogP contribution in [0.25, 0.3) is 10.8 Å². The Labute approximate surface area is 109 Å². The van der Waals surface area contributed by atoms with Crippen molar-refractivity contribution in [2.45, 2.75) is 11.8 Å². The van der Waals surface area contributed by atoms with Crippen molar-refractivity contribution in [3.8, 4) is 5.75 Å². The Morgan fingerprint density at radius 2 is 1.88 bits per heavy atom. The average Bonchev–Trinajstić information content (AvgIpc) is 2.32. The maximum absolute atomic E-state index is 11.4. The zero-order valence-corrected chi connectivity index (χ0v) is 10.6. The predicted molar refractivity (Wildman–Crippen MR) is 69.8 cm³/mol. The lowest BCUT2D eigenvalue weighted by atomic mass is 10.1. The van der Waals surface area contributed by atoms with Crippen LogP contribution in [0.1, 0.15) is 5.56 Å². The smallest absolute Gasteiger partial charge is 0.344 e. The summed E-state index contributed by atoms with van der Waals surface area (Å²) in [5.41, 5.74) is 0.867. The number of rotatable bonds is 2. The summed E-state index contributed by atoms with van der Waals surface area (Å²) < 4.78 is 5.22. The summed E-state index contributed by atoms with van der Waals surface area (Å²) >= 11 is 10.9. The van der Waals surface area contributed by atoms with E-state index in [9.17, 15) is 4.79 Å². The lowest BCUT2D eigenvalue weighted by molar-refractivity contribution is -0.132. The first-order chi connectivity index (χ1) is 8.09. The summed E-state index contributed by atoms with van der Waals surface area (Å²) in [6, 6.07) is 11.5. The maximum atomic E-state index is 11.4. The average molecular weight is 269 g/mol. The van der Waals surface area contributed by atoms with Crippen molar-refractivity contribution in [2.24, 2.45) is 0 Å². The summed E-state index contributed by atoms with van der Waals surface area (Å²) in [4.78, 5) is 10.2. The van der Waals surface area contributed by atoms with Crippen LogP contribution in [0, 0.1) is 6.92 Å². The second-order valence-electron chi connectivity index (χ2n) is 3.65. The van der Waals surface area contributed by atoms with Crippen LogP contribution in [0.4, 0.5) is 0 Å². The highest BCUT2D eigenvalue weighted by Gasteiger charge is 2.16. The summed E-state index contributed by atoms with van der Waals surface area (Å²) in [5, 5.41) is 1.87. The van der Waals surface area contributed by atoms with E-state index in [1.54, 1.807) is 0 Å². The molecule has 0 amide bonds. The summed E-state index contributed by atoms with van der Waals surface area (Å²) in [5.74, 6) is -0.146. The van der Waals surface area contributed by atoms with Gasteiger partial charge in [0.2, 0.25) is 4.84 Å². The van der Waals surface area contributed by atoms with E-state index in [0.717, 1.165) is 16.3 Å². The minimum Gasteiger partial charge on any atom is -0.424 e. The molecule has 0 aliphatic rings. The minimum atomic E-state index is -1.17. The Morgan fingerprint density at radius 3 is 2.59 bits per heavy atom. The van der Waals surface area contributed by atoms with Crippen molar-refractivity contribution in [3.63, 3.8) is 0 Å². The van der Waals surface area contributed by atoms with Crippen LogP contribution in [0.15, 0.2) is 36.4 Å². The van der Waals surface area contributed by atoms with Gasteiger partial charge in [0.05, 0.1) is 0 Å². The van der Waals surface area contributed by atoms with Gasteiger partial charge in [0.1, 0.15) is 5.75 Å². The molecule has 0 saturated heterocycles. The number of alkyl halides is 2. The topological polar surface area (TPSA) is 26.3 Å². The molecule has 2 aromatic carbocycles. The van der Waals surface area contributed by atoms with Crippen molar-refractivity contribution < 1.29 is 9.53 Å². The van der Waals surface area contributed by atoms with Crippen LogP contribution in [-0.2, 0) is 4.79 Å². The molecule has 0 bridgehead atoms. The zero-order chi connectivity index (χ0) is 12.4. The first-order valence-corrected chi connectivity index (χ1v) is 5.95. The third-order valence-electron chi connectivity index (χ3n) is 2.46. The number of hydrogen-bond donors (Lipinski definition) is 0. The molecular weight excluding hydrogens is 259 g/mol. The Hall–Kier alpha value is -1.25. The molecule has 0 aliphatic heterocycles. The molecule has 88 valence electrons. The molecule has 0 spiro atoms. The van der Waals surface area contributed by atoms with Crippen molar-refractivity contribution >= 4 is 39.9 Å². The maximum Gasteiger partial charge on any atom is 0.344 e. The molecule has 2 nitrogen and oxygen atoms in total. The van der Waals surface area contributed by atoms with Crippen LogP contribution in [0.3, 0.4) is 0 Å². The molecule has 0 aromatic heterocycles. The quantitative estimate of drug-likeness (QED) is 0.470. The first-order valence-electron chi connectivity index (χ1n) is 5.08. The van der Waals surface area contributed by atoms with Gasteiger partial charge >= 0.3 is 5.97 Å². The molecule has 2 rings (SSSR count). The van der Waals surface area contributed by atoms with Crippen LogP contribution in [0.5, 0.6) is 5.75 Å². The molecule has 4 heteroatoms. The van der Waals surface area contributed by atoms with Gasteiger partial charge in [0.15, 0.2) is 0 Å². The highest BCUT2D eigenvalue weighted by molar-refractivity contribution is 6.53. The second kappa shape index (κ2) is 4.94. The third-order valence-corrected chi connectivity index (χ3v) is 2.81. The highest BCUT2D eigenvalue weighted by Crippen LogP contribution is 2.30. The lowest BCUT2D eigenvalue weighted by Gasteiger charge is -2.10. The van der Waals surface area contributed by atoms with Gasteiger partial charge in [0.25, 0.3) is 0 Å². The van der Waals surface area contributed by atoms with Gasteiger partial charge < -0.3 is 4.74 Å². The standard InChI is InChI=1S/C13H10Cl2O2/c1-8-6-7-9-4-2-3-5-10(9)11(8)17-13(16)12(14)15/h2-7,12H,1H3. The molecule has 2 aromatic rings. The number of benzene rings is 2. The molecule has 0 N–H and O–H groups in total. The van der Waals surface area contributed by atoms with Gasteiger partial charge in [-0.1, -0.05) is 59.6 Å². The van der Waals surface area contributed by atoms with E-state index < -0.39 is 10.8 Å². The Morgan fingerprint density at radius 1 is 1.18 bits per heavy atom. The number of ether oxygens (including phenoxy) is 1. The van der Waals surface area contributed by atoms with E-state index in [0.29, 0.717) is 5.75 Å². The molecule has 0 heterocycles. The number of carbonyl (C=O) groups is 1. The summed E-state index contributed by atoms with van der Waals surface area (Å²) in [6.45, 7) is 1.87. The van der Waals surface area contributed by atoms with Gasteiger partial charge in [-0.3, -0.25) is 0 Å².